The van der Waals surface area contributed by atoms with Crippen LogP contribution in [0.4, 0.5) is 9.18 Å². The van der Waals surface area contributed by atoms with Crippen molar-refractivity contribution < 1.29 is 13.9 Å². The van der Waals surface area contributed by atoms with Crippen LogP contribution in [0.25, 0.3) is 0 Å². The fraction of sp³-hybridized carbons (Fsp3) is 0.312. The van der Waals surface area contributed by atoms with Gasteiger partial charge in [0.25, 0.3) is 0 Å². The topological polar surface area (TPSA) is 78.1 Å². The van der Waals surface area contributed by atoms with Crippen molar-refractivity contribution in [3.05, 3.63) is 58.9 Å². The Morgan fingerprint density at radius 3 is 2.78 bits per heavy atom. The van der Waals surface area contributed by atoms with Gasteiger partial charge in [-0.25, -0.2) is 14.2 Å². The molecule has 0 aliphatic heterocycles. The maximum absolute atomic E-state index is 13.4. The molecule has 1 aromatic heterocycles. The van der Waals surface area contributed by atoms with E-state index >= 15 is 0 Å². The molecule has 0 aliphatic carbocycles. The molecular weight excluding hydrogens is 321 g/mol. The molecule has 0 saturated carbocycles. The highest BCUT2D eigenvalue weighted by atomic mass is 35.5. The van der Waals surface area contributed by atoms with Crippen LogP contribution in [-0.4, -0.2) is 21.7 Å². The number of amides is 1. The van der Waals surface area contributed by atoms with E-state index < -0.39 is 17.6 Å². The van der Waals surface area contributed by atoms with Gasteiger partial charge in [0.2, 0.25) is 0 Å². The molecule has 1 heterocycles. The smallest absolute Gasteiger partial charge is 0.405 e. The molecular formula is C16H17ClFN3O2. The largest absolute Gasteiger partial charge is 0.443 e. The molecule has 7 heteroatoms. The quantitative estimate of drug-likeness (QED) is 0.906. The summed E-state index contributed by atoms with van der Waals surface area (Å²) in [4.78, 5) is 19.5. The fourth-order valence-electron chi connectivity index (χ4n) is 2.46. The molecule has 0 spiro atoms. The van der Waals surface area contributed by atoms with E-state index in [1.165, 1.54) is 18.3 Å². The van der Waals surface area contributed by atoms with E-state index in [1.807, 2.05) is 0 Å². The lowest BCUT2D eigenvalue weighted by Crippen LogP contribution is -2.38. The minimum Gasteiger partial charge on any atom is -0.443 e. The van der Waals surface area contributed by atoms with Crippen LogP contribution in [-0.2, 0) is 11.2 Å². The monoisotopic (exact) mass is 337 g/mol. The highest BCUT2D eigenvalue weighted by Gasteiger charge is 2.35. The summed E-state index contributed by atoms with van der Waals surface area (Å²) in [5, 5.41) is 0.224. The number of aromatic nitrogens is 2. The van der Waals surface area contributed by atoms with Crippen molar-refractivity contribution in [2.75, 3.05) is 0 Å². The average molecular weight is 338 g/mol. The number of primary amides is 1. The van der Waals surface area contributed by atoms with Gasteiger partial charge in [0, 0.05) is 12.1 Å². The van der Waals surface area contributed by atoms with Crippen LogP contribution in [0.2, 0.25) is 5.15 Å². The van der Waals surface area contributed by atoms with Crippen LogP contribution in [0.3, 0.4) is 0 Å². The number of benzene rings is 1. The molecule has 5 nitrogen and oxygen atoms in total. The lowest BCUT2D eigenvalue weighted by molar-refractivity contribution is 0.0225. The third-order valence-corrected chi connectivity index (χ3v) is 3.69. The number of nitrogens with two attached hydrogens (primary N) is 1. The molecule has 0 aliphatic rings. The van der Waals surface area contributed by atoms with Crippen molar-refractivity contribution >= 4 is 17.7 Å². The van der Waals surface area contributed by atoms with Gasteiger partial charge in [0.05, 0.1) is 11.9 Å². The third-order valence-electron chi connectivity index (χ3n) is 3.51. The first-order valence-electron chi connectivity index (χ1n) is 6.98. The van der Waals surface area contributed by atoms with E-state index in [0.717, 1.165) is 5.56 Å². The lowest BCUT2D eigenvalue weighted by Gasteiger charge is -2.33. The van der Waals surface area contributed by atoms with Crippen molar-refractivity contribution in [3.8, 4) is 0 Å². The summed E-state index contributed by atoms with van der Waals surface area (Å²) in [6, 6.07) is 6.19. The van der Waals surface area contributed by atoms with Crippen molar-refractivity contribution in [3.63, 3.8) is 0 Å². The molecule has 2 rings (SSSR count). The number of carbonyl (C=O) groups is 1. The molecule has 0 radical (unpaired) electrons. The normalized spacial score (nSPS) is 12.7. The van der Waals surface area contributed by atoms with Crippen LogP contribution in [0.15, 0.2) is 36.7 Å². The van der Waals surface area contributed by atoms with Crippen LogP contribution in [0, 0.1) is 5.82 Å². The van der Waals surface area contributed by atoms with Crippen LogP contribution >= 0.6 is 11.6 Å². The van der Waals surface area contributed by atoms with Crippen LogP contribution in [0.5, 0.6) is 0 Å². The fourth-order valence-corrected chi connectivity index (χ4v) is 2.61. The number of halogens is 2. The van der Waals surface area contributed by atoms with Crippen molar-refractivity contribution in [1.82, 2.24) is 9.97 Å². The number of hydrogen-bond donors (Lipinski definition) is 1. The standard InChI is InChI=1S/C16H17ClFN3O2/c1-16(2,23-15(19)22)12(13-8-20-9-14(17)21-13)7-10-4-3-5-11(18)6-10/h3-6,8-9,12H,7H2,1-2H3,(H2,19,22). The van der Waals surface area contributed by atoms with Gasteiger partial charge in [0.1, 0.15) is 16.6 Å². The van der Waals surface area contributed by atoms with Crippen LogP contribution in [0.1, 0.15) is 31.0 Å². The van der Waals surface area contributed by atoms with E-state index in [0.29, 0.717) is 12.1 Å². The second-order valence-electron chi connectivity index (χ2n) is 5.68. The number of carbonyl (C=O) groups excluding carboxylic acids is 1. The Morgan fingerprint density at radius 1 is 1.43 bits per heavy atom. The summed E-state index contributed by atoms with van der Waals surface area (Å²) in [5.74, 6) is -0.741. The summed E-state index contributed by atoms with van der Waals surface area (Å²) in [5.41, 5.74) is 5.45. The SMILES string of the molecule is CC(C)(OC(N)=O)C(Cc1cccc(F)c1)c1cncc(Cl)n1. The van der Waals surface area contributed by atoms with Gasteiger partial charge >= 0.3 is 6.09 Å². The number of nitrogens with zero attached hydrogens (tertiary/aromatic N) is 2. The zero-order valence-corrected chi connectivity index (χ0v) is 13.5. The van der Waals surface area contributed by atoms with Gasteiger partial charge < -0.3 is 10.5 Å². The van der Waals surface area contributed by atoms with E-state index in [9.17, 15) is 9.18 Å². The molecule has 0 fully saturated rings. The Balaban J connectivity index is 2.40. The number of hydrogen-bond acceptors (Lipinski definition) is 4. The molecule has 2 N–H and O–H groups in total. The Bertz CT molecular complexity index is 709. The zero-order chi connectivity index (χ0) is 17.0. The maximum Gasteiger partial charge on any atom is 0.405 e. The molecule has 0 bridgehead atoms. The molecule has 0 saturated heterocycles. The molecule has 23 heavy (non-hydrogen) atoms. The Labute approximate surface area is 138 Å². The van der Waals surface area contributed by atoms with Crippen molar-refractivity contribution in [2.45, 2.75) is 31.8 Å². The molecule has 1 unspecified atom stereocenters. The summed E-state index contributed by atoms with van der Waals surface area (Å²) >= 11 is 5.91. The van der Waals surface area contributed by atoms with Gasteiger partial charge in [-0.1, -0.05) is 23.7 Å². The first-order valence-corrected chi connectivity index (χ1v) is 7.36. The first kappa shape index (κ1) is 17.1. The first-order chi connectivity index (χ1) is 10.8. The van der Waals surface area contributed by atoms with Gasteiger partial charge in [-0.3, -0.25) is 4.98 Å². The van der Waals surface area contributed by atoms with Crippen molar-refractivity contribution in [2.24, 2.45) is 5.73 Å². The van der Waals surface area contributed by atoms with Gasteiger partial charge in [-0.15, -0.1) is 0 Å². The predicted octanol–water partition coefficient (Wildman–Crippen LogP) is 3.47. The number of ether oxygens (including phenoxy) is 1. The minimum absolute atomic E-state index is 0.224. The van der Waals surface area contributed by atoms with E-state index in [2.05, 4.69) is 9.97 Å². The molecule has 122 valence electrons. The molecule has 2 aromatic rings. The van der Waals surface area contributed by atoms with Crippen molar-refractivity contribution in [1.29, 1.82) is 0 Å². The molecule has 1 atom stereocenters. The Hall–Kier alpha value is -2.21. The summed E-state index contributed by atoms with van der Waals surface area (Å²) in [6.45, 7) is 3.43. The Morgan fingerprint density at radius 2 is 2.17 bits per heavy atom. The Kier molecular flexibility index (Phi) is 5.15. The summed E-state index contributed by atoms with van der Waals surface area (Å²) in [7, 11) is 0. The average Bonchev–Trinajstić information content (AvgIpc) is 2.43. The summed E-state index contributed by atoms with van der Waals surface area (Å²) < 4.78 is 18.7. The maximum atomic E-state index is 13.4. The minimum atomic E-state index is -0.975. The lowest BCUT2D eigenvalue weighted by atomic mass is 9.83. The summed E-state index contributed by atoms with van der Waals surface area (Å²) in [6.07, 6.45) is 2.44. The number of rotatable bonds is 5. The van der Waals surface area contributed by atoms with Crippen LogP contribution < -0.4 is 5.73 Å². The van der Waals surface area contributed by atoms with Gasteiger partial charge in [-0.2, -0.15) is 0 Å². The van der Waals surface area contributed by atoms with E-state index in [4.69, 9.17) is 22.1 Å². The highest BCUT2D eigenvalue weighted by Crippen LogP contribution is 2.33. The molecule has 1 amide bonds. The predicted molar refractivity (Wildman–Crippen MR) is 84.6 cm³/mol. The third kappa shape index (κ3) is 4.63. The molecule has 1 aromatic carbocycles. The second-order valence-corrected chi connectivity index (χ2v) is 6.07. The highest BCUT2D eigenvalue weighted by molar-refractivity contribution is 6.29. The van der Waals surface area contributed by atoms with E-state index in [-0.39, 0.29) is 11.0 Å². The van der Waals surface area contributed by atoms with Gasteiger partial charge in [0.15, 0.2) is 0 Å². The zero-order valence-electron chi connectivity index (χ0n) is 12.8. The van der Waals surface area contributed by atoms with E-state index in [1.54, 1.807) is 32.2 Å². The van der Waals surface area contributed by atoms with Gasteiger partial charge in [-0.05, 0) is 38.0 Å². The second kappa shape index (κ2) is 6.91.